The van der Waals surface area contributed by atoms with Crippen LogP contribution in [-0.2, 0) is 5.60 Å². The van der Waals surface area contributed by atoms with Crippen molar-refractivity contribution in [2.45, 2.75) is 19.4 Å². The summed E-state index contributed by atoms with van der Waals surface area (Å²) in [5.74, 6) is 0.347. The third kappa shape index (κ3) is 2.05. The van der Waals surface area contributed by atoms with Crippen LogP contribution < -0.4 is 5.32 Å². The molecule has 90 valence electrons. The Labute approximate surface area is 102 Å². The number of nitrogens with one attached hydrogen (secondary N) is 1. The van der Waals surface area contributed by atoms with Crippen LogP contribution in [0.1, 0.15) is 19.4 Å². The van der Waals surface area contributed by atoms with Gasteiger partial charge in [-0.25, -0.2) is 9.97 Å². The Kier molecular flexibility index (Phi) is 4.24. The van der Waals surface area contributed by atoms with Crippen molar-refractivity contribution in [1.82, 2.24) is 15.3 Å². The molecule has 0 saturated carbocycles. The lowest BCUT2D eigenvalue weighted by molar-refractivity contribution is -0.0811. The van der Waals surface area contributed by atoms with Gasteiger partial charge in [-0.15, -0.1) is 12.4 Å². The van der Waals surface area contributed by atoms with Crippen molar-refractivity contribution in [3.63, 3.8) is 0 Å². The maximum absolute atomic E-state index is 10.8. The molecule has 1 aromatic rings. The molecule has 0 radical (unpaired) electrons. The van der Waals surface area contributed by atoms with Crippen LogP contribution in [0.2, 0.25) is 0 Å². The van der Waals surface area contributed by atoms with Crippen molar-refractivity contribution in [2.75, 3.05) is 13.1 Å². The Morgan fingerprint density at radius 2 is 1.75 bits per heavy atom. The minimum absolute atomic E-state index is 0. The second-order valence-corrected chi connectivity index (χ2v) is 4.41. The summed E-state index contributed by atoms with van der Waals surface area (Å²) < 4.78 is 0. The van der Waals surface area contributed by atoms with Gasteiger partial charge in [0.2, 0.25) is 0 Å². The second-order valence-electron chi connectivity index (χ2n) is 4.41. The Morgan fingerprint density at radius 3 is 2.25 bits per heavy atom. The van der Waals surface area contributed by atoms with Crippen molar-refractivity contribution >= 4 is 12.4 Å². The van der Waals surface area contributed by atoms with Gasteiger partial charge in [-0.2, -0.15) is 0 Å². The van der Waals surface area contributed by atoms with Gasteiger partial charge < -0.3 is 10.4 Å². The van der Waals surface area contributed by atoms with Gasteiger partial charge >= 0.3 is 0 Å². The van der Waals surface area contributed by atoms with Crippen LogP contribution in [0.3, 0.4) is 0 Å². The molecular weight excluding hydrogens is 226 g/mol. The number of nitrogens with zero attached hydrogens (tertiary/aromatic N) is 2. The van der Waals surface area contributed by atoms with E-state index < -0.39 is 5.60 Å². The monoisotopic (exact) mass is 243 g/mol. The van der Waals surface area contributed by atoms with Crippen LogP contribution in [0.5, 0.6) is 0 Å². The molecule has 1 aliphatic rings. The molecule has 3 atom stereocenters. The van der Waals surface area contributed by atoms with E-state index in [0.29, 0.717) is 0 Å². The third-order valence-electron chi connectivity index (χ3n) is 3.43. The van der Waals surface area contributed by atoms with Crippen molar-refractivity contribution in [2.24, 2.45) is 11.8 Å². The van der Waals surface area contributed by atoms with E-state index in [1.165, 1.54) is 6.33 Å². The van der Waals surface area contributed by atoms with Gasteiger partial charge in [-0.05, 0) is 0 Å². The summed E-state index contributed by atoms with van der Waals surface area (Å²) in [6.07, 6.45) is 4.92. The molecule has 1 aromatic heterocycles. The minimum Gasteiger partial charge on any atom is -0.384 e. The number of aromatic nitrogens is 2. The first-order valence-electron chi connectivity index (χ1n) is 5.34. The topological polar surface area (TPSA) is 58.0 Å². The highest BCUT2D eigenvalue weighted by atomic mass is 35.5. The standard InChI is InChI=1S/C11H17N3O.ClH/c1-8-3-12-4-9(2)11(8,15)10-5-13-7-14-6-10;/h5-9,12,15H,3-4H2,1-2H3;1H/t8-,9+,11?;. The largest absolute Gasteiger partial charge is 0.384 e. The van der Waals surface area contributed by atoms with Gasteiger partial charge in [0.25, 0.3) is 0 Å². The number of rotatable bonds is 1. The fourth-order valence-electron chi connectivity index (χ4n) is 2.39. The summed E-state index contributed by atoms with van der Waals surface area (Å²) in [5, 5.41) is 14.1. The van der Waals surface area contributed by atoms with Gasteiger partial charge in [-0.3, -0.25) is 0 Å². The van der Waals surface area contributed by atoms with E-state index in [-0.39, 0.29) is 24.2 Å². The predicted molar refractivity (Wildman–Crippen MR) is 64.4 cm³/mol. The van der Waals surface area contributed by atoms with E-state index in [4.69, 9.17) is 0 Å². The zero-order valence-electron chi connectivity index (χ0n) is 9.55. The number of hydrogen-bond donors (Lipinski definition) is 2. The molecule has 4 nitrogen and oxygen atoms in total. The van der Waals surface area contributed by atoms with E-state index in [9.17, 15) is 5.11 Å². The first-order chi connectivity index (χ1) is 7.15. The first-order valence-corrected chi connectivity index (χ1v) is 5.34. The SMILES string of the molecule is C[C@@H]1CNC[C@H](C)C1(O)c1cncnc1.Cl. The summed E-state index contributed by atoms with van der Waals surface area (Å²) in [6, 6.07) is 0. The van der Waals surface area contributed by atoms with Crippen LogP contribution in [0.4, 0.5) is 0 Å². The molecule has 0 aliphatic carbocycles. The van der Waals surface area contributed by atoms with Crippen molar-refractivity contribution < 1.29 is 5.11 Å². The van der Waals surface area contributed by atoms with Crippen molar-refractivity contribution in [3.05, 3.63) is 24.3 Å². The minimum atomic E-state index is -0.799. The predicted octanol–water partition coefficient (Wildman–Crippen LogP) is 0.961. The smallest absolute Gasteiger partial charge is 0.115 e. The molecule has 2 rings (SSSR count). The zero-order valence-corrected chi connectivity index (χ0v) is 10.4. The van der Waals surface area contributed by atoms with Crippen LogP contribution in [0.15, 0.2) is 18.7 Å². The Balaban J connectivity index is 0.00000128. The Bertz CT molecular complexity index is 323. The molecule has 0 aromatic carbocycles. The molecule has 0 amide bonds. The van der Waals surface area contributed by atoms with Crippen LogP contribution in [-0.4, -0.2) is 28.2 Å². The maximum Gasteiger partial charge on any atom is 0.115 e. The summed E-state index contributed by atoms with van der Waals surface area (Å²) in [5.41, 5.74) is 0.0264. The molecule has 1 unspecified atom stereocenters. The summed E-state index contributed by atoms with van der Waals surface area (Å²) in [6.45, 7) is 5.76. The third-order valence-corrected chi connectivity index (χ3v) is 3.43. The molecule has 1 aliphatic heterocycles. The molecule has 2 N–H and O–H groups in total. The molecule has 0 spiro atoms. The van der Waals surface area contributed by atoms with E-state index in [2.05, 4.69) is 29.1 Å². The molecule has 2 heterocycles. The molecule has 0 bridgehead atoms. The Hall–Kier alpha value is -0.710. The summed E-state index contributed by atoms with van der Waals surface area (Å²) in [4.78, 5) is 7.96. The molecule has 1 saturated heterocycles. The van der Waals surface area contributed by atoms with Crippen molar-refractivity contribution in [3.8, 4) is 0 Å². The lowest BCUT2D eigenvalue weighted by Gasteiger charge is -2.43. The van der Waals surface area contributed by atoms with E-state index >= 15 is 0 Å². The number of halogens is 1. The van der Waals surface area contributed by atoms with E-state index in [1.54, 1.807) is 12.4 Å². The van der Waals surface area contributed by atoms with Crippen molar-refractivity contribution in [1.29, 1.82) is 0 Å². The molecular formula is C11H18ClN3O. The fraction of sp³-hybridized carbons (Fsp3) is 0.636. The lowest BCUT2D eigenvalue weighted by Crippen LogP contribution is -2.52. The number of hydrogen-bond acceptors (Lipinski definition) is 4. The van der Waals surface area contributed by atoms with E-state index in [1.807, 2.05) is 0 Å². The van der Waals surface area contributed by atoms with Gasteiger partial charge in [0.1, 0.15) is 11.9 Å². The normalized spacial score (nSPS) is 34.2. The number of aliphatic hydroxyl groups is 1. The fourth-order valence-corrected chi connectivity index (χ4v) is 2.39. The quantitative estimate of drug-likeness (QED) is 0.772. The van der Waals surface area contributed by atoms with Crippen LogP contribution >= 0.6 is 12.4 Å². The van der Waals surface area contributed by atoms with Gasteiger partial charge in [0.15, 0.2) is 0 Å². The van der Waals surface area contributed by atoms with E-state index in [0.717, 1.165) is 18.7 Å². The maximum atomic E-state index is 10.8. The van der Waals surface area contributed by atoms with Gasteiger partial charge in [0, 0.05) is 42.9 Å². The highest BCUT2D eigenvalue weighted by molar-refractivity contribution is 5.85. The molecule has 1 fully saturated rings. The summed E-state index contributed by atoms with van der Waals surface area (Å²) in [7, 11) is 0. The second kappa shape index (κ2) is 5.08. The molecule has 16 heavy (non-hydrogen) atoms. The van der Waals surface area contributed by atoms with Gasteiger partial charge in [0.05, 0.1) is 0 Å². The summed E-state index contributed by atoms with van der Waals surface area (Å²) >= 11 is 0. The average molecular weight is 244 g/mol. The van der Waals surface area contributed by atoms with Crippen LogP contribution in [0, 0.1) is 11.8 Å². The highest BCUT2D eigenvalue weighted by Crippen LogP contribution is 2.37. The highest BCUT2D eigenvalue weighted by Gasteiger charge is 2.43. The molecule has 5 heteroatoms. The average Bonchev–Trinajstić information content (AvgIpc) is 2.27. The van der Waals surface area contributed by atoms with Crippen LogP contribution in [0.25, 0.3) is 0 Å². The van der Waals surface area contributed by atoms with Gasteiger partial charge in [-0.1, -0.05) is 13.8 Å². The number of piperidine rings is 1. The Morgan fingerprint density at radius 1 is 1.25 bits per heavy atom. The first kappa shape index (κ1) is 13.4. The zero-order chi connectivity index (χ0) is 10.9. The lowest BCUT2D eigenvalue weighted by atomic mass is 9.72.